The summed E-state index contributed by atoms with van der Waals surface area (Å²) in [5, 5.41) is 11.7. The highest BCUT2D eigenvalue weighted by Crippen LogP contribution is 2.36. The number of nitrogens with one attached hydrogen (secondary N) is 1. The van der Waals surface area contributed by atoms with Crippen molar-refractivity contribution in [3.05, 3.63) is 59.2 Å². The van der Waals surface area contributed by atoms with Gasteiger partial charge >= 0.3 is 6.03 Å². The van der Waals surface area contributed by atoms with Gasteiger partial charge in [-0.15, -0.1) is 0 Å². The standard InChI is InChI=1S/C20H17N3O4/c1-20(15-7-5-13(11-21)6-8-15)18(24)23(19(25)22-20)12-14-3-2-4-16-17(14)27-10-9-26-16/h2-8H,9-10,12H2,1H3,(H,22,25)/t20-/m1/s1. The fourth-order valence-electron chi connectivity index (χ4n) is 3.34. The number of carbonyl (C=O) groups excluding carboxylic acids is 2. The molecule has 3 amide bonds. The number of ether oxygens (including phenoxy) is 2. The lowest BCUT2D eigenvalue weighted by Crippen LogP contribution is -2.40. The van der Waals surface area contributed by atoms with E-state index in [1.165, 1.54) is 4.90 Å². The van der Waals surface area contributed by atoms with Crippen molar-refractivity contribution >= 4 is 11.9 Å². The number of carbonyl (C=O) groups is 2. The van der Waals surface area contributed by atoms with Crippen LogP contribution in [0.15, 0.2) is 42.5 Å². The van der Waals surface area contributed by atoms with Crippen LogP contribution in [-0.4, -0.2) is 30.1 Å². The SMILES string of the molecule is C[C@]1(c2ccc(C#N)cc2)NC(=O)N(Cc2cccc3c2OCCO3)C1=O. The highest BCUT2D eigenvalue weighted by molar-refractivity contribution is 6.07. The number of urea groups is 1. The van der Waals surface area contributed by atoms with E-state index in [0.717, 1.165) is 0 Å². The van der Waals surface area contributed by atoms with Crippen molar-refractivity contribution in [2.24, 2.45) is 0 Å². The zero-order valence-corrected chi connectivity index (χ0v) is 14.7. The van der Waals surface area contributed by atoms with E-state index in [2.05, 4.69) is 5.32 Å². The lowest BCUT2D eigenvalue weighted by Gasteiger charge is -2.24. The van der Waals surface area contributed by atoms with Crippen molar-refractivity contribution < 1.29 is 19.1 Å². The zero-order chi connectivity index (χ0) is 19.0. The van der Waals surface area contributed by atoms with Crippen LogP contribution in [0.3, 0.4) is 0 Å². The molecule has 136 valence electrons. The Morgan fingerprint density at radius 2 is 1.89 bits per heavy atom. The summed E-state index contributed by atoms with van der Waals surface area (Å²) >= 11 is 0. The number of nitrogens with zero attached hydrogens (tertiary/aromatic N) is 2. The monoisotopic (exact) mass is 363 g/mol. The summed E-state index contributed by atoms with van der Waals surface area (Å²) in [6.45, 7) is 2.64. The minimum Gasteiger partial charge on any atom is -0.486 e. The van der Waals surface area contributed by atoms with Gasteiger partial charge in [0.2, 0.25) is 0 Å². The molecule has 2 heterocycles. The van der Waals surface area contributed by atoms with Gasteiger partial charge in [-0.2, -0.15) is 5.26 Å². The molecule has 1 saturated heterocycles. The van der Waals surface area contributed by atoms with Crippen LogP contribution in [-0.2, 0) is 16.9 Å². The van der Waals surface area contributed by atoms with E-state index in [0.29, 0.717) is 41.4 Å². The van der Waals surface area contributed by atoms with Crippen LogP contribution in [0.2, 0.25) is 0 Å². The Morgan fingerprint density at radius 1 is 1.15 bits per heavy atom. The number of rotatable bonds is 3. The summed E-state index contributed by atoms with van der Waals surface area (Å²) in [6, 6.07) is 13.6. The number of imide groups is 1. The van der Waals surface area contributed by atoms with Gasteiger partial charge < -0.3 is 14.8 Å². The molecule has 2 aliphatic heterocycles. The Balaban J connectivity index is 1.63. The van der Waals surface area contributed by atoms with E-state index < -0.39 is 11.6 Å². The Hall–Kier alpha value is -3.53. The maximum Gasteiger partial charge on any atom is 0.325 e. The largest absolute Gasteiger partial charge is 0.486 e. The van der Waals surface area contributed by atoms with E-state index in [4.69, 9.17) is 14.7 Å². The van der Waals surface area contributed by atoms with Crippen molar-refractivity contribution in [2.75, 3.05) is 13.2 Å². The Labute approximate surface area is 156 Å². The average molecular weight is 363 g/mol. The molecule has 0 spiro atoms. The topological polar surface area (TPSA) is 91.7 Å². The zero-order valence-electron chi connectivity index (χ0n) is 14.7. The molecule has 7 heteroatoms. The second-order valence-corrected chi connectivity index (χ2v) is 6.58. The van der Waals surface area contributed by atoms with Crippen LogP contribution in [0.5, 0.6) is 11.5 Å². The van der Waals surface area contributed by atoms with Gasteiger partial charge in [-0.3, -0.25) is 9.69 Å². The fourth-order valence-corrected chi connectivity index (χ4v) is 3.34. The predicted octanol–water partition coefficient (Wildman–Crippen LogP) is 2.30. The van der Waals surface area contributed by atoms with Gasteiger partial charge in [-0.1, -0.05) is 24.3 Å². The Bertz CT molecular complexity index is 964. The van der Waals surface area contributed by atoms with Gasteiger partial charge in [0, 0.05) is 5.56 Å². The second-order valence-electron chi connectivity index (χ2n) is 6.58. The minimum atomic E-state index is -1.18. The second kappa shape index (κ2) is 6.32. The van der Waals surface area contributed by atoms with E-state index in [9.17, 15) is 9.59 Å². The molecule has 0 bridgehead atoms. The van der Waals surface area contributed by atoms with Crippen molar-refractivity contribution in [3.8, 4) is 17.6 Å². The molecule has 4 rings (SSSR count). The quantitative estimate of drug-likeness (QED) is 0.845. The van der Waals surface area contributed by atoms with Gasteiger partial charge in [0.05, 0.1) is 18.2 Å². The van der Waals surface area contributed by atoms with E-state index in [-0.39, 0.29) is 12.5 Å². The summed E-state index contributed by atoms with van der Waals surface area (Å²) in [4.78, 5) is 26.8. The Morgan fingerprint density at radius 3 is 2.63 bits per heavy atom. The maximum absolute atomic E-state index is 13.1. The lowest BCUT2D eigenvalue weighted by atomic mass is 9.91. The van der Waals surface area contributed by atoms with E-state index in [1.807, 2.05) is 12.1 Å². The van der Waals surface area contributed by atoms with Crippen molar-refractivity contribution in [2.45, 2.75) is 19.0 Å². The normalized spacial score (nSPS) is 21.0. The van der Waals surface area contributed by atoms with Crippen molar-refractivity contribution in [1.82, 2.24) is 10.2 Å². The number of hydrogen-bond donors (Lipinski definition) is 1. The van der Waals surface area contributed by atoms with Crippen LogP contribution in [0, 0.1) is 11.3 Å². The smallest absolute Gasteiger partial charge is 0.325 e. The van der Waals surface area contributed by atoms with E-state index in [1.54, 1.807) is 43.3 Å². The molecule has 2 aromatic carbocycles. The van der Waals surface area contributed by atoms with Gasteiger partial charge in [0.1, 0.15) is 18.8 Å². The molecular weight excluding hydrogens is 346 g/mol. The molecule has 1 N–H and O–H groups in total. The highest BCUT2D eigenvalue weighted by Gasteiger charge is 2.49. The van der Waals surface area contributed by atoms with Gasteiger partial charge in [-0.25, -0.2) is 4.79 Å². The molecule has 0 radical (unpaired) electrons. The van der Waals surface area contributed by atoms with Gasteiger partial charge in [0.15, 0.2) is 11.5 Å². The van der Waals surface area contributed by atoms with Crippen molar-refractivity contribution in [1.29, 1.82) is 5.26 Å². The fraction of sp³-hybridized carbons (Fsp3) is 0.250. The molecule has 0 aliphatic carbocycles. The first-order valence-electron chi connectivity index (χ1n) is 8.55. The number of para-hydroxylation sites is 1. The summed E-state index contributed by atoms with van der Waals surface area (Å²) in [7, 11) is 0. The van der Waals surface area contributed by atoms with Crippen LogP contribution in [0.25, 0.3) is 0 Å². The number of benzene rings is 2. The number of fused-ring (bicyclic) bond motifs is 1. The number of hydrogen-bond acceptors (Lipinski definition) is 5. The molecule has 0 aromatic heterocycles. The molecule has 27 heavy (non-hydrogen) atoms. The third kappa shape index (κ3) is 2.75. The maximum atomic E-state index is 13.1. The molecule has 1 fully saturated rings. The molecule has 2 aromatic rings. The Kier molecular flexibility index (Phi) is 3.96. The third-order valence-electron chi connectivity index (χ3n) is 4.84. The lowest BCUT2D eigenvalue weighted by molar-refractivity contribution is -0.131. The molecule has 0 saturated carbocycles. The van der Waals surface area contributed by atoms with Crippen LogP contribution in [0.4, 0.5) is 4.79 Å². The first kappa shape index (κ1) is 16.9. The summed E-state index contributed by atoms with van der Waals surface area (Å²) in [5.74, 6) is 0.823. The molecular formula is C20H17N3O4. The minimum absolute atomic E-state index is 0.0864. The average Bonchev–Trinajstić information content (AvgIpc) is 2.92. The summed E-state index contributed by atoms with van der Waals surface area (Å²) < 4.78 is 11.2. The highest BCUT2D eigenvalue weighted by atomic mass is 16.6. The first-order chi connectivity index (χ1) is 13.0. The molecule has 7 nitrogen and oxygen atoms in total. The molecule has 0 unspecified atom stereocenters. The summed E-state index contributed by atoms with van der Waals surface area (Å²) in [6.07, 6.45) is 0. The predicted molar refractivity (Wildman–Crippen MR) is 95.0 cm³/mol. The summed E-state index contributed by atoms with van der Waals surface area (Å²) in [5.41, 5.74) is 0.637. The number of nitriles is 1. The number of amides is 3. The molecule has 2 aliphatic rings. The van der Waals surface area contributed by atoms with Crippen LogP contribution < -0.4 is 14.8 Å². The van der Waals surface area contributed by atoms with Crippen LogP contribution >= 0.6 is 0 Å². The van der Waals surface area contributed by atoms with E-state index >= 15 is 0 Å². The third-order valence-corrected chi connectivity index (χ3v) is 4.84. The van der Waals surface area contributed by atoms with Crippen molar-refractivity contribution in [3.63, 3.8) is 0 Å². The van der Waals surface area contributed by atoms with Gasteiger partial charge in [0.25, 0.3) is 5.91 Å². The first-order valence-corrected chi connectivity index (χ1v) is 8.55. The van der Waals surface area contributed by atoms with Gasteiger partial charge in [-0.05, 0) is 30.7 Å². The van der Waals surface area contributed by atoms with Crippen LogP contribution in [0.1, 0.15) is 23.6 Å². The molecule has 1 atom stereocenters.